The number of anilines is 1. The molecule has 0 bridgehead atoms. The summed E-state index contributed by atoms with van der Waals surface area (Å²) in [7, 11) is 0. The van der Waals surface area contributed by atoms with E-state index in [1.54, 1.807) is 12.1 Å². The molecule has 2 aromatic heterocycles. The summed E-state index contributed by atoms with van der Waals surface area (Å²) in [5.41, 5.74) is 5.45. The lowest BCUT2D eigenvalue weighted by Gasteiger charge is -2.31. The van der Waals surface area contributed by atoms with E-state index in [0.29, 0.717) is 18.3 Å². The van der Waals surface area contributed by atoms with Gasteiger partial charge in [0.2, 0.25) is 5.13 Å². The number of amides is 1. The van der Waals surface area contributed by atoms with Crippen LogP contribution in [0.3, 0.4) is 0 Å². The van der Waals surface area contributed by atoms with Gasteiger partial charge in [-0.2, -0.15) is 4.37 Å². The van der Waals surface area contributed by atoms with E-state index >= 15 is 0 Å². The second-order valence-corrected chi connectivity index (χ2v) is 6.34. The van der Waals surface area contributed by atoms with Crippen molar-refractivity contribution in [2.45, 2.75) is 19.8 Å². The standard InChI is InChI=1S/C15H19N5O2S/c1-10-18-15(23-19-10)20-6-3-11(4-7-20)9-22-12-2-5-17-13(8-12)14(16)21/h2,5,8,11H,3-4,6-7,9H2,1H3,(H2,16,21). The molecular weight excluding hydrogens is 314 g/mol. The summed E-state index contributed by atoms with van der Waals surface area (Å²) < 4.78 is 10.0. The number of aryl methyl sites for hydroxylation is 1. The van der Waals surface area contributed by atoms with Gasteiger partial charge in [-0.1, -0.05) is 0 Å². The Hall–Kier alpha value is -2.22. The Morgan fingerprint density at radius 3 is 2.91 bits per heavy atom. The maximum atomic E-state index is 11.1. The number of nitrogens with two attached hydrogens (primary N) is 1. The third kappa shape index (κ3) is 3.95. The number of carbonyl (C=O) groups excluding carboxylic acids is 1. The largest absolute Gasteiger partial charge is 0.493 e. The van der Waals surface area contributed by atoms with Crippen molar-refractivity contribution >= 4 is 22.6 Å². The number of aromatic nitrogens is 3. The maximum absolute atomic E-state index is 11.1. The molecule has 0 saturated carbocycles. The van der Waals surface area contributed by atoms with E-state index in [-0.39, 0.29) is 5.69 Å². The highest BCUT2D eigenvalue weighted by molar-refractivity contribution is 7.09. The minimum atomic E-state index is -0.545. The Morgan fingerprint density at radius 2 is 2.26 bits per heavy atom. The van der Waals surface area contributed by atoms with Crippen molar-refractivity contribution in [3.8, 4) is 5.75 Å². The van der Waals surface area contributed by atoms with E-state index in [1.807, 2.05) is 6.92 Å². The molecule has 23 heavy (non-hydrogen) atoms. The van der Waals surface area contributed by atoms with Gasteiger partial charge in [0.1, 0.15) is 17.3 Å². The monoisotopic (exact) mass is 333 g/mol. The summed E-state index contributed by atoms with van der Waals surface area (Å²) in [4.78, 5) is 21.7. The van der Waals surface area contributed by atoms with Gasteiger partial charge in [0.25, 0.3) is 5.91 Å². The molecule has 0 unspecified atom stereocenters. The number of pyridine rings is 1. The van der Waals surface area contributed by atoms with Crippen molar-refractivity contribution in [1.29, 1.82) is 0 Å². The van der Waals surface area contributed by atoms with Crippen molar-refractivity contribution in [2.24, 2.45) is 11.7 Å². The van der Waals surface area contributed by atoms with Crippen LogP contribution in [-0.4, -0.2) is 39.9 Å². The van der Waals surface area contributed by atoms with Gasteiger partial charge in [-0.05, 0) is 31.7 Å². The van der Waals surface area contributed by atoms with Crippen LogP contribution in [-0.2, 0) is 0 Å². The minimum absolute atomic E-state index is 0.226. The molecule has 0 aromatic carbocycles. The number of nitrogens with zero attached hydrogens (tertiary/aromatic N) is 4. The first kappa shape index (κ1) is 15.7. The van der Waals surface area contributed by atoms with Gasteiger partial charge in [0.05, 0.1) is 6.61 Å². The third-order valence-corrected chi connectivity index (χ3v) is 4.74. The zero-order valence-electron chi connectivity index (χ0n) is 12.9. The van der Waals surface area contributed by atoms with E-state index in [4.69, 9.17) is 10.5 Å². The van der Waals surface area contributed by atoms with Crippen molar-refractivity contribution in [3.63, 3.8) is 0 Å². The van der Waals surface area contributed by atoms with E-state index in [9.17, 15) is 4.79 Å². The molecule has 3 rings (SSSR count). The molecular formula is C15H19N5O2S. The summed E-state index contributed by atoms with van der Waals surface area (Å²) in [6.45, 7) is 4.47. The highest BCUT2D eigenvalue weighted by Gasteiger charge is 2.22. The van der Waals surface area contributed by atoms with Gasteiger partial charge in [-0.25, -0.2) is 4.98 Å². The van der Waals surface area contributed by atoms with Crippen LogP contribution < -0.4 is 15.4 Å². The number of hydrogen-bond acceptors (Lipinski definition) is 7. The number of rotatable bonds is 5. The predicted octanol–water partition coefficient (Wildman–Crippen LogP) is 1.64. The molecule has 1 fully saturated rings. The van der Waals surface area contributed by atoms with Crippen LogP contribution in [0.4, 0.5) is 5.13 Å². The molecule has 0 radical (unpaired) electrons. The molecule has 2 aromatic rings. The Bertz CT molecular complexity index is 682. The fourth-order valence-electron chi connectivity index (χ4n) is 2.56. The number of ether oxygens (including phenoxy) is 1. The molecule has 7 nitrogen and oxygen atoms in total. The molecule has 1 aliphatic rings. The van der Waals surface area contributed by atoms with Crippen LogP contribution in [0.2, 0.25) is 0 Å². The number of carbonyl (C=O) groups is 1. The normalized spacial score (nSPS) is 15.6. The van der Waals surface area contributed by atoms with Gasteiger partial charge >= 0.3 is 0 Å². The van der Waals surface area contributed by atoms with Crippen molar-refractivity contribution in [2.75, 3.05) is 24.6 Å². The van der Waals surface area contributed by atoms with Crippen LogP contribution in [0.1, 0.15) is 29.2 Å². The van der Waals surface area contributed by atoms with Gasteiger partial charge in [-0.3, -0.25) is 9.78 Å². The van der Waals surface area contributed by atoms with Crippen molar-refractivity contribution in [1.82, 2.24) is 14.3 Å². The molecule has 0 aliphatic carbocycles. The lowest BCUT2D eigenvalue weighted by atomic mass is 9.98. The molecule has 3 heterocycles. The zero-order valence-corrected chi connectivity index (χ0v) is 13.8. The Balaban J connectivity index is 1.49. The Morgan fingerprint density at radius 1 is 1.48 bits per heavy atom. The van der Waals surface area contributed by atoms with E-state index in [2.05, 4.69) is 19.2 Å². The van der Waals surface area contributed by atoms with Crippen LogP contribution >= 0.6 is 11.5 Å². The molecule has 0 atom stereocenters. The highest BCUT2D eigenvalue weighted by atomic mass is 32.1. The minimum Gasteiger partial charge on any atom is -0.493 e. The lowest BCUT2D eigenvalue weighted by molar-refractivity contribution is 0.0995. The topological polar surface area (TPSA) is 94.2 Å². The average Bonchev–Trinajstić information content (AvgIpc) is 3.00. The molecule has 0 spiro atoms. The summed E-state index contributed by atoms with van der Waals surface area (Å²) >= 11 is 1.45. The number of primary amides is 1. The van der Waals surface area contributed by atoms with Crippen molar-refractivity contribution in [3.05, 3.63) is 29.8 Å². The van der Waals surface area contributed by atoms with Crippen LogP contribution in [0.15, 0.2) is 18.3 Å². The molecule has 1 amide bonds. The molecule has 122 valence electrons. The fraction of sp³-hybridized carbons (Fsp3) is 0.467. The molecule has 8 heteroatoms. The smallest absolute Gasteiger partial charge is 0.267 e. The summed E-state index contributed by atoms with van der Waals surface area (Å²) in [6, 6.07) is 3.33. The van der Waals surface area contributed by atoms with E-state index in [1.165, 1.54) is 17.7 Å². The fourth-order valence-corrected chi connectivity index (χ4v) is 3.28. The second-order valence-electron chi connectivity index (χ2n) is 5.61. The third-order valence-electron chi connectivity index (χ3n) is 3.87. The highest BCUT2D eigenvalue weighted by Crippen LogP contribution is 2.25. The number of piperidine rings is 1. The SMILES string of the molecule is Cc1nsc(N2CCC(COc3ccnc(C(N)=O)c3)CC2)n1. The quantitative estimate of drug-likeness (QED) is 0.894. The number of hydrogen-bond donors (Lipinski definition) is 1. The van der Waals surface area contributed by atoms with Crippen molar-refractivity contribution < 1.29 is 9.53 Å². The molecule has 2 N–H and O–H groups in total. The van der Waals surface area contributed by atoms with Gasteiger partial charge in [0.15, 0.2) is 0 Å². The van der Waals surface area contributed by atoms with Gasteiger partial charge < -0.3 is 15.4 Å². The summed E-state index contributed by atoms with van der Waals surface area (Å²) in [5, 5.41) is 1.00. The Labute approximate surface area is 138 Å². The predicted molar refractivity (Wildman–Crippen MR) is 87.8 cm³/mol. The maximum Gasteiger partial charge on any atom is 0.267 e. The zero-order chi connectivity index (χ0) is 16.2. The molecule has 1 aliphatic heterocycles. The van der Waals surface area contributed by atoms with Gasteiger partial charge in [0, 0.05) is 36.9 Å². The van der Waals surface area contributed by atoms with E-state index < -0.39 is 5.91 Å². The average molecular weight is 333 g/mol. The Kier molecular flexibility index (Phi) is 4.71. The van der Waals surface area contributed by atoms with Crippen LogP contribution in [0, 0.1) is 12.8 Å². The lowest BCUT2D eigenvalue weighted by Crippen LogP contribution is -2.35. The van der Waals surface area contributed by atoms with E-state index in [0.717, 1.165) is 36.9 Å². The second kappa shape index (κ2) is 6.91. The first-order chi connectivity index (χ1) is 11.1. The molecule has 1 saturated heterocycles. The van der Waals surface area contributed by atoms with Crippen LogP contribution in [0.25, 0.3) is 0 Å². The van der Waals surface area contributed by atoms with Crippen LogP contribution in [0.5, 0.6) is 5.75 Å². The summed E-state index contributed by atoms with van der Waals surface area (Å²) in [5.74, 6) is 1.41. The first-order valence-electron chi connectivity index (χ1n) is 7.56. The van der Waals surface area contributed by atoms with Gasteiger partial charge in [-0.15, -0.1) is 0 Å². The summed E-state index contributed by atoms with van der Waals surface area (Å²) in [6.07, 6.45) is 3.63. The first-order valence-corrected chi connectivity index (χ1v) is 8.33.